The van der Waals surface area contributed by atoms with E-state index in [-0.39, 0.29) is 5.54 Å². The van der Waals surface area contributed by atoms with Crippen LogP contribution >= 0.6 is 0 Å². The summed E-state index contributed by atoms with van der Waals surface area (Å²) in [6.45, 7) is 22.8. The Hall–Kier alpha value is -0.0800. The van der Waals surface area contributed by atoms with Gasteiger partial charge in [-0.15, -0.1) is 0 Å². The van der Waals surface area contributed by atoms with Crippen molar-refractivity contribution in [3.63, 3.8) is 0 Å². The zero-order chi connectivity index (χ0) is 15.3. The quantitative estimate of drug-likeness (QED) is 0.690. The maximum Gasteiger partial charge on any atom is 0.00967 e. The van der Waals surface area contributed by atoms with Gasteiger partial charge in [0.25, 0.3) is 0 Å². The van der Waals surface area contributed by atoms with E-state index >= 15 is 0 Å². The SMILES string of the molecule is CC(C)NCC(C)(C)CCC(C)(C)CNC(C)(C)C. The molecule has 0 unspecified atom stereocenters. The summed E-state index contributed by atoms with van der Waals surface area (Å²) in [5.74, 6) is 0. The Morgan fingerprint density at radius 3 is 1.53 bits per heavy atom. The van der Waals surface area contributed by atoms with Crippen LogP contribution in [0.1, 0.15) is 75.2 Å². The van der Waals surface area contributed by atoms with Crippen molar-refractivity contribution in [3.05, 3.63) is 0 Å². The summed E-state index contributed by atoms with van der Waals surface area (Å²) in [5.41, 5.74) is 0.956. The zero-order valence-electron chi connectivity index (χ0n) is 14.9. The summed E-state index contributed by atoms with van der Waals surface area (Å²) in [5, 5.41) is 7.20. The van der Waals surface area contributed by atoms with E-state index in [0.717, 1.165) is 13.1 Å². The first-order valence-corrected chi connectivity index (χ1v) is 7.81. The predicted molar refractivity (Wildman–Crippen MR) is 87.7 cm³/mol. The van der Waals surface area contributed by atoms with Crippen LogP contribution in [0.15, 0.2) is 0 Å². The van der Waals surface area contributed by atoms with Gasteiger partial charge in [0.2, 0.25) is 0 Å². The molecule has 0 saturated carbocycles. The first kappa shape index (κ1) is 18.9. The molecule has 0 aliphatic carbocycles. The van der Waals surface area contributed by atoms with Crippen LogP contribution in [0.2, 0.25) is 0 Å². The smallest absolute Gasteiger partial charge is 0.00967 e. The fourth-order valence-corrected chi connectivity index (χ4v) is 1.84. The highest BCUT2D eigenvalue weighted by Gasteiger charge is 2.25. The van der Waals surface area contributed by atoms with Crippen LogP contribution in [0.25, 0.3) is 0 Å². The minimum absolute atomic E-state index is 0.214. The fourth-order valence-electron chi connectivity index (χ4n) is 1.84. The average molecular weight is 271 g/mol. The molecule has 0 aromatic carbocycles. The second kappa shape index (κ2) is 7.08. The molecule has 116 valence electrons. The lowest BCUT2D eigenvalue weighted by atomic mass is 9.78. The van der Waals surface area contributed by atoms with Crippen LogP contribution in [0, 0.1) is 10.8 Å². The van der Waals surface area contributed by atoms with Gasteiger partial charge in [-0.25, -0.2) is 0 Å². The van der Waals surface area contributed by atoms with Gasteiger partial charge < -0.3 is 10.6 Å². The molecule has 0 rings (SSSR count). The Labute approximate surface area is 122 Å². The molecule has 19 heavy (non-hydrogen) atoms. The number of hydrogen-bond acceptors (Lipinski definition) is 2. The van der Waals surface area contributed by atoms with E-state index in [2.05, 4.69) is 72.9 Å². The molecule has 0 spiro atoms. The molecule has 0 fully saturated rings. The molecular weight excluding hydrogens is 232 g/mol. The third kappa shape index (κ3) is 11.4. The van der Waals surface area contributed by atoms with Gasteiger partial charge in [-0.3, -0.25) is 0 Å². The summed E-state index contributed by atoms with van der Waals surface area (Å²) in [4.78, 5) is 0. The summed E-state index contributed by atoms with van der Waals surface area (Å²) in [6.07, 6.45) is 2.54. The highest BCUT2D eigenvalue weighted by Crippen LogP contribution is 2.30. The van der Waals surface area contributed by atoms with Crippen molar-refractivity contribution in [1.29, 1.82) is 0 Å². The van der Waals surface area contributed by atoms with Crippen molar-refractivity contribution in [2.75, 3.05) is 13.1 Å². The Morgan fingerprint density at radius 1 is 0.737 bits per heavy atom. The molecule has 0 radical (unpaired) electrons. The van der Waals surface area contributed by atoms with E-state index in [1.54, 1.807) is 0 Å². The highest BCUT2D eigenvalue weighted by atomic mass is 15.0. The first-order valence-electron chi connectivity index (χ1n) is 7.81. The van der Waals surface area contributed by atoms with Crippen LogP contribution in [-0.2, 0) is 0 Å². The van der Waals surface area contributed by atoms with Crippen molar-refractivity contribution in [2.45, 2.75) is 86.7 Å². The van der Waals surface area contributed by atoms with Gasteiger partial charge in [0.1, 0.15) is 0 Å². The maximum absolute atomic E-state index is 3.63. The molecule has 2 nitrogen and oxygen atoms in total. The van der Waals surface area contributed by atoms with Gasteiger partial charge in [-0.1, -0.05) is 41.5 Å². The standard InChI is InChI=1S/C17H38N2/c1-14(2)18-12-16(6,7)10-11-17(8,9)13-19-15(3,4)5/h14,18-19H,10-13H2,1-9H3. The fraction of sp³-hybridized carbons (Fsp3) is 1.00. The molecule has 0 aliphatic rings. The number of nitrogens with one attached hydrogen (secondary N) is 2. The number of hydrogen-bond donors (Lipinski definition) is 2. The Balaban J connectivity index is 4.14. The van der Waals surface area contributed by atoms with E-state index in [1.807, 2.05) is 0 Å². The normalized spacial score (nSPS) is 14.2. The van der Waals surface area contributed by atoms with E-state index in [4.69, 9.17) is 0 Å². The van der Waals surface area contributed by atoms with E-state index < -0.39 is 0 Å². The molecule has 0 amide bonds. The van der Waals surface area contributed by atoms with Crippen LogP contribution in [-0.4, -0.2) is 24.7 Å². The summed E-state index contributed by atoms with van der Waals surface area (Å²) < 4.78 is 0. The summed E-state index contributed by atoms with van der Waals surface area (Å²) >= 11 is 0. The first-order chi connectivity index (χ1) is 8.33. The minimum Gasteiger partial charge on any atom is -0.314 e. The second-order valence-corrected chi connectivity index (χ2v) is 8.97. The van der Waals surface area contributed by atoms with Gasteiger partial charge in [-0.2, -0.15) is 0 Å². The zero-order valence-corrected chi connectivity index (χ0v) is 14.9. The molecular formula is C17H38N2. The molecule has 0 saturated heterocycles. The third-order valence-corrected chi connectivity index (χ3v) is 3.56. The van der Waals surface area contributed by atoms with E-state index in [1.165, 1.54) is 12.8 Å². The van der Waals surface area contributed by atoms with E-state index in [9.17, 15) is 0 Å². The molecule has 0 heterocycles. The van der Waals surface area contributed by atoms with Gasteiger partial charge >= 0.3 is 0 Å². The molecule has 0 atom stereocenters. The van der Waals surface area contributed by atoms with Crippen molar-refractivity contribution in [1.82, 2.24) is 10.6 Å². The van der Waals surface area contributed by atoms with Crippen LogP contribution in [0.5, 0.6) is 0 Å². The summed E-state index contributed by atoms with van der Waals surface area (Å²) in [6, 6.07) is 0.579. The van der Waals surface area contributed by atoms with Gasteiger partial charge in [0.05, 0.1) is 0 Å². The minimum atomic E-state index is 0.214. The lowest BCUT2D eigenvalue weighted by Gasteiger charge is -2.34. The maximum atomic E-state index is 3.63. The van der Waals surface area contributed by atoms with Crippen LogP contribution in [0.4, 0.5) is 0 Å². The molecule has 0 aromatic rings. The van der Waals surface area contributed by atoms with Crippen molar-refractivity contribution in [2.24, 2.45) is 10.8 Å². The van der Waals surface area contributed by atoms with Crippen molar-refractivity contribution in [3.8, 4) is 0 Å². The monoisotopic (exact) mass is 270 g/mol. The Morgan fingerprint density at radius 2 is 1.16 bits per heavy atom. The molecule has 2 heteroatoms. The van der Waals surface area contributed by atoms with Crippen molar-refractivity contribution >= 4 is 0 Å². The molecule has 2 N–H and O–H groups in total. The topological polar surface area (TPSA) is 24.1 Å². The molecule has 0 aromatic heterocycles. The highest BCUT2D eigenvalue weighted by molar-refractivity contribution is 4.81. The molecule has 0 aliphatic heterocycles. The van der Waals surface area contributed by atoms with Gasteiger partial charge in [0.15, 0.2) is 0 Å². The molecule has 0 bridgehead atoms. The second-order valence-electron chi connectivity index (χ2n) is 8.97. The number of rotatable bonds is 8. The Bertz CT molecular complexity index is 246. The summed E-state index contributed by atoms with van der Waals surface area (Å²) in [7, 11) is 0. The van der Waals surface area contributed by atoms with E-state index in [0.29, 0.717) is 16.9 Å². The van der Waals surface area contributed by atoms with Crippen molar-refractivity contribution < 1.29 is 0 Å². The largest absolute Gasteiger partial charge is 0.314 e. The van der Waals surface area contributed by atoms with Gasteiger partial charge in [-0.05, 0) is 44.4 Å². The lowest BCUT2D eigenvalue weighted by Crippen LogP contribution is -2.42. The average Bonchev–Trinajstić information content (AvgIpc) is 2.21. The Kier molecular flexibility index (Phi) is 7.05. The predicted octanol–water partition coefficient (Wildman–Crippen LogP) is 4.21. The van der Waals surface area contributed by atoms with Gasteiger partial charge in [0, 0.05) is 24.7 Å². The third-order valence-electron chi connectivity index (χ3n) is 3.56. The lowest BCUT2D eigenvalue weighted by molar-refractivity contribution is 0.211. The van der Waals surface area contributed by atoms with Crippen LogP contribution < -0.4 is 10.6 Å². The van der Waals surface area contributed by atoms with Crippen LogP contribution in [0.3, 0.4) is 0 Å².